The Morgan fingerprint density at radius 1 is 1.00 bits per heavy atom. The molecule has 6 heteroatoms. The number of ether oxygens (including phenoxy) is 2. The van der Waals surface area contributed by atoms with E-state index in [1.165, 1.54) is 11.1 Å². The molecule has 0 fully saturated rings. The van der Waals surface area contributed by atoms with E-state index in [-0.39, 0.29) is 6.04 Å². The number of nitrogens with one attached hydrogen (secondary N) is 1. The fourth-order valence-corrected chi connectivity index (χ4v) is 4.48. The second-order valence-corrected chi connectivity index (χ2v) is 7.46. The van der Waals surface area contributed by atoms with Gasteiger partial charge in [0.25, 0.3) is 0 Å². The van der Waals surface area contributed by atoms with Gasteiger partial charge in [0.05, 0.1) is 14.2 Å². The normalized spacial score (nSPS) is 19.1. The predicted molar refractivity (Wildman–Crippen MR) is 117 cm³/mol. The van der Waals surface area contributed by atoms with Gasteiger partial charge in [-0.3, -0.25) is 0 Å². The van der Waals surface area contributed by atoms with E-state index in [4.69, 9.17) is 9.47 Å². The standard InChI is InChI=1S/C24H24N4O2/c1-29-20-12-5-3-8-16(20)14-17-9-7-11-19-22(17)27-24-25-15-26-28(24)23(19)18-10-4-6-13-21(18)30-2/h3-6,8,10,12-15,23H,7,9,11H2,1-2H3,(H,25,26,27). The van der Waals surface area contributed by atoms with Crippen molar-refractivity contribution in [1.82, 2.24) is 14.8 Å². The summed E-state index contributed by atoms with van der Waals surface area (Å²) in [5.74, 6) is 2.48. The van der Waals surface area contributed by atoms with Gasteiger partial charge in [-0.15, -0.1) is 0 Å². The van der Waals surface area contributed by atoms with Gasteiger partial charge < -0.3 is 14.8 Å². The van der Waals surface area contributed by atoms with Crippen LogP contribution >= 0.6 is 0 Å². The van der Waals surface area contributed by atoms with E-state index in [0.29, 0.717) is 0 Å². The molecule has 2 aliphatic rings. The van der Waals surface area contributed by atoms with Crippen LogP contribution in [0.15, 0.2) is 71.7 Å². The van der Waals surface area contributed by atoms with Crippen LogP contribution < -0.4 is 14.8 Å². The maximum atomic E-state index is 5.69. The number of allylic oxidation sites excluding steroid dienone is 2. The molecule has 2 aromatic carbocycles. The summed E-state index contributed by atoms with van der Waals surface area (Å²) in [4.78, 5) is 4.47. The zero-order valence-electron chi connectivity index (χ0n) is 17.1. The first-order chi connectivity index (χ1) is 14.8. The van der Waals surface area contributed by atoms with E-state index in [0.717, 1.165) is 53.5 Å². The molecule has 0 radical (unpaired) electrons. The molecule has 0 spiro atoms. The molecule has 3 aromatic rings. The second-order valence-electron chi connectivity index (χ2n) is 7.46. The highest BCUT2D eigenvalue weighted by molar-refractivity contribution is 5.68. The second kappa shape index (κ2) is 7.71. The van der Waals surface area contributed by atoms with Crippen molar-refractivity contribution in [3.63, 3.8) is 0 Å². The highest BCUT2D eigenvalue weighted by Crippen LogP contribution is 2.45. The summed E-state index contributed by atoms with van der Waals surface area (Å²) in [5.41, 5.74) is 5.88. The Hall–Kier alpha value is -3.54. The van der Waals surface area contributed by atoms with Gasteiger partial charge in [-0.1, -0.05) is 36.4 Å². The molecule has 1 unspecified atom stereocenters. The molecule has 1 N–H and O–H groups in total. The van der Waals surface area contributed by atoms with E-state index in [1.54, 1.807) is 20.5 Å². The summed E-state index contributed by atoms with van der Waals surface area (Å²) >= 11 is 0. The smallest absolute Gasteiger partial charge is 0.226 e. The third-order valence-corrected chi connectivity index (χ3v) is 5.82. The van der Waals surface area contributed by atoms with Crippen molar-refractivity contribution in [3.05, 3.63) is 82.8 Å². The average molecular weight is 400 g/mol. The van der Waals surface area contributed by atoms with Crippen molar-refractivity contribution < 1.29 is 9.47 Å². The topological polar surface area (TPSA) is 61.2 Å². The quantitative estimate of drug-likeness (QED) is 0.680. The molecule has 2 heterocycles. The minimum atomic E-state index is -0.0451. The lowest BCUT2D eigenvalue weighted by Gasteiger charge is -2.35. The number of para-hydroxylation sites is 2. The minimum absolute atomic E-state index is 0.0451. The van der Waals surface area contributed by atoms with Crippen LogP contribution in [0.2, 0.25) is 0 Å². The molecule has 152 valence electrons. The van der Waals surface area contributed by atoms with Crippen molar-refractivity contribution >= 4 is 12.0 Å². The summed E-state index contributed by atoms with van der Waals surface area (Å²) < 4.78 is 13.2. The molecule has 0 bridgehead atoms. The summed E-state index contributed by atoms with van der Waals surface area (Å²) in [7, 11) is 3.42. The van der Waals surface area contributed by atoms with Gasteiger partial charge in [-0.05, 0) is 48.6 Å². The number of hydrogen-bond acceptors (Lipinski definition) is 5. The summed E-state index contributed by atoms with van der Waals surface area (Å²) in [6.45, 7) is 0. The lowest BCUT2D eigenvalue weighted by molar-refractivity contribution is 0.400. The molecule has 1 aliphatic carbocycles. The van der Waals surface area contributed by atoms with E-state index in [9.17, 15) is 0 Å². The monoisotopic (exact) mass is 400 g/mol. The predicted octanol–water partition coefficient (Wildman–Crippen LogP) is 4.83. The fourth-order valence-electron chi connectivity index (χ4n) is 4.48. The van der Waals surface area contributed by atoms with Crippen LogP contribution in [0.25, 0.3) is 6.08 Å². The van der Waals surface area contributed by atoms with Gasteiger partial charge >= 0.3 is 0 Å². The van der Waals surface area contributed by atoms with Gasteiger partial charge in [-0.25, -0.2) is 4.68 Å². The Morgan fingerprint density at radius 2 is 1.77 bits per heavy atom. The Kier molecular flexibility index (Phi) is 4.75. The number of methoxy groups -OCH3 is 2. The molecule has 0 saturated carbocycles. The largest absolute Gasteiger partial charge is 0.496 e. The molecule has 6 nitrogen and oxygen atoms in total. The maximum Gasteiger partial charge on any atom is 0.226 e. The van der Waals surface area contributed by atoms with Crippen molar-refractivity contribution in [2.45, 2.75) is 25.3 Å². The SMILES string of the molecule is COc1ccccc1C=C1CCCC2=C1Nc1ncnn1C2c1ccccc1OC. The van der Waals surface area contributed by atoms with E-state index in [2.05, 4.69) is 33.6 Å². The number of aromatic nitrogens is 3. The van der Waals surface area contributed by atoms with E-state index >= 15 is 0 Å². The van der Waals surface area contributed by atoms with Crippen LogP contribution in [0.5, 0.6) is 11.5 Å². The molecular formula is C24H24N4O2. The van der Waals surface area contributed by atoms with Crippen LogP contribution in [-0.2, 0) is 0 Å². The van der Waals surface area contributed by atoms with Crippen LogP contribution in [0.3, 0.4) is 0 Å². The zero-order chi connectivity index (χ0) is 20.5. The number of fused-ring (bicyclic) bond motifs is 1. The van der Waals surface area contributed by atoms with Crippen LogP contribution in [0, 0.1) is 0 Å². The number of hydrogen-bond donors (Lipinski definition) is 1. The number of benzene rings is 2. The number of nitrogens with zero attached hydrogens (tertiary/aromatic N) is 3. The fraction of sp³-hybridized carbons (Fsp3) is 0.250. The summed E-state index contributed by atoms with van der Waals surface area (Å²) in [5, 5.41) is 8.07. The van der Waals surface area contributed by atoms with Gasteiger partial charge in [0, 0.05) is 16.8 Å². The van der Waals surface area contributed by atoms with Crippen LogP contribution in [0.1, 0.15) is 36.4 Å². The Morgan fingerprint density at radius 3 is 2.60 bits per heavy atom. The van der Waals surface area contributed by atoms with Gasteiger partial charge in [0.1, 0.15) is 23.9 Å². The molecule has 1 aliphatic heterocycles. The molecule has 1 aromatic heterocycles. The van der Waals surface area contributed by atoms with Crippen molar-refractivity contribution in [2.24, 2.45) is 0 Å². The van der Waals surface area contributed by atoms with Crippen molar-refractivity contribution in [1.29, 1.82) is 0 Å². The zero-order valence-corrected chi connectivity index (χ0v) is 17.1. The molecule has 1 atom stereocenters. The minimum Gasteiger partial charge on any atom is -0.496 e. The first-order valence-corrected chi connectivity index (χ1v) is 10.2. The Bertz CT molecular complexity index is 1150. The van der Waals surface area contributed by atoms with E-state index < -0.39 is 0 Å². The van der Waals surface area contributed by atoms with Gasteiger partial charge in [-0.2, -0.15) is 10.1 Å². The lowest BCUT2D eigenvalue weighted by atomic mass is 9.83. The van der Waals surface area contributed by atoms with Crippen LogP contribution in [-0.4, -0.2) is 29.0 Å². The first-order valence-electron chi connectivity index (χ1n) is 10.2. The highest BCUT2D eigenvalue weighted by atomic mass is 16.5. The average Bonchev–Trinajstić information content (AvgIpc) is 3.26. The molecule has 0 saturated heterocycles. The molecular weight excluding hydrogens is 376 g/mol. The van der Waals surface area contributed by atoms with Crippen molar-refractivity contribution in [2.75, 3.05) is 19.5 Å². The van der Waals surface area contributed by atoms with Gasteiger partial charge in [0.2, 0.25) is 5.95 Å². The Balaban J connectivity index is 1.67. The molecule has 5 rings (SSSR count). The maximum absolute atomic E-state index is 5.69. The van der Waals surface area contributed by atoms with E-state index in [1.807, 2.05) is 41.1 Å². The number of anilines is 1. The van der Waals surface area contributed by atoms with Gasteiger partial charge in [0.15, 0.2) is 0 Å². The third kappa shape index (κ3) is 3.05. The van der Waals surface area contributed by atoms with Crippen molar-refractivity contribution in [3.8, 4) is 11.5 Å². The molecule has 30 heavy (non-hydrogen) atoms. The third-order valence-electron chi connectivity index (χ3n) is 5.82. The lowest BCUT2D eigenvalue weighted by Crippen LogP contribution is -2.28. The van der Waals surface area contributed by atoms with Crippen LogP contribution in [0.4, 0.5) is 5.95 Å². The first kappa shape index (κ1) is 18.5. The summed E-state index contributed by atoms with van der Waals surface area (Å²) in [6, 6.07) is 16.2. The highest BCUT2D eigenvalue weighted by Gasteiger charge is 2.34. The molecule has 0 amide bonds. The summed E-state index contributed by atoms with van der Waals surface area (Å²) in [6.07, 6.45) is 6.90. The Labute approximate surface area is 175 Å². The number of rotatable bonds is 4.